The van der Waals surface area contributed by atoms with Crippen LogP contribution in [-0.4, -0.2) is 0 Å². The molecule has 0 saturated heterocycles. The first-order valence-electron chi connectivity index (χ1n) is 5.49. The molecule has 0 amide bonds. The molecule has 0 heterocycles. The van der Waals surface area contributed by atoms with Gasteiger partial charge in [-0.1, -0.05) is 11.6 Å². The molecule has 0 spiro atoms. The predicted molar refractivity (Wildman–Crippen MR) is 78.5 cm³/mol. The fourth-order valence-electron chi connectivity index (χ4n) is 1.61. The standard InChI is InChI=1S/C13H15ClN4/c14-11-6-10(2-4-13(11)17)18-7-8-5-9(15)1-3-12(8)16/h1-6,18H,7,15-17H2. The van der Waals surface area contributed by atoms with Crippen molar-refractivity contribution in [1.29, 1.82) is 0 Å². The van der Waals surface area contributed by atoms with Crippen LogP contribution in [0.5, 0.6) is 0 Å². The van der Waals surface area contributed by atoms with E-state index in [1.165, 1.54) is 0 Å². The molecule has 94 valence electrons. The van der Waals surface area contributed by atoms with Gasteiger partial charge >= 0.3 is 0 Å². The Kier molecular flexibility index (Phi) is 3.48. The lowest BCUT2D eigenvalue weighted by molar-refractivity contribution is 1.15. The predicted octanol–water partition coefficient (Wildman–Crippen LogP) is 2.70. The first kappa shape index (κ1) is 12.4. The highest BCUT2D eigenvalue weighted by Crippen LogP contribution is 2.23. The lowest BCUT2D eigenvalue weighted by Gasteiger charge is -2.10. The van der Waals surface area contributed by atoms with Crippen LogP contribution in [0.3, 0.4) is 0 Å². The topological polar surface area (TPSA) is 90.1 Å². The molecular weight excluding hydrogens is 248 g/mol. The van der Waals surface area contributed by atoms with E-state index in [1.807, 2.05) is 12.1 Å². The highest BCUT2D eigenvalue weighted by Gasteiger charge is 2.01. The van der Waals surface area contributed by atoms with Crippen LogP contribution in [0.4, 0.5) is 22.7 Å². The van der Waals surface area contributed by atoms with E-state index in [9.17, 15) is 0 Å². The fraction of sp³-hybridized carbons (Fsp3) is 0.0769. The number of hydrogen-bond acceptors (Lipinski definition) is 4. The second-order valence-corrected chi connectivity index (χ2v) is 4.46. The molecule has 5 heteroatoms. The Morgan fingerprint density at radius 2 is 1.67 bits per heavy atom. The quantitative estimate of drug-likeness (QED) is 0.640. The molecule has 2 aromatic rings. The van der Waals surface area contributed by atoms with Crippen LogP contribution >= 0.6 is 11.6 Å². The molecule has 0 radical (unpaired) electrons. The molecule has 2 aromatic carbocycles. The maximum atomic E-state index is 5.94. The van der Waals surface area contributed by atoms with Crippen LogP contribution in [0.15, 0.2) is 36.4 Å². The molecule has 0 saturated carbocycles. The summed E-state index contributed by atoms with van der Waals surface area (Å²) in [6, 6.07) is 10.8. The minimum absolute atomic E-state index is 0.528. The van der Waals surface area contributed by atoms with Crippen molar-refractivity contribution < 1.29 is 0 Å². The van der Waals surface area contributed by atoms with Gasteiger partial charge < -0.3 is 22.5 Å². The van der Waals surface area contributed by atoms with Crippen molar-refractivity contribution in [2.24, 2.45) is 0 Å². The zero-order valence-corrected chi connectivity index (χ0v) is 10.5. The van der Waals surface area contributed by atoms with E-state index >= 15 is 0 Å². The Balaban J connectivity index is 2.11. The van der Waals surface area contributed by atoms with Crippen molar-refractivity contribution in [3.8, 4) is 0 Å². The molecule has 0 atom stereocenters. The zero-order valence-electron chi connectivity index (χ0n) is 9.78. The first-order valence-corrected chi connectivity index (χ1v) is 5.87. The van der Waals surface area contributed by atoms with Crippen molar-refractivity contribution in [1.82, 2.24) is 0 Å². The van der Waals surface area contributed by atoms with E-state index in [0.29, 0.717) is 28.6 Å². The van der Waals surface area contributed by atoms with E-state index in [0.717, 1.165) is 11.3 Å². The van der Waals surface area contributed by atoms with Crippen molar-refractivity contribution in [2.45, 2.75) is 6.54 Å². The van der Waals surface area contributed by atoms with E-state index in [4.69, 9.17) is 28.8 Å². The summed E-state index contributed by atoms with van der Waals surface area (Å²) in [5.41, 5.74) is 21.0. The monoisotopic (exact) mass is 262 g/mol. The fourth-order valence-corrected chi connectivity index (χ4v) is 1.79. The maximum Gasteiger partial charge on any atom is 0.0655 e. The summed E-state index contributed by atoms with van der Waals surface area (Å²) in [6.45, 7) is 0.580. The van der Waals surface area contributed by atoms with Gasteiger partial charge in [-0.3, -0.25) is 0 Å². The molecule has 0 unspecified atom stereocenters. The number of nitrogens with two attached hydrogens (primary N) is 3. The van der Waals surface area contributed by atoms with Gasteiger partial charge in [-0.2, -0.15) is 0 Å². The summed E-state index contributed by atoms with van der Waals surface area (Å²) in [4.78, 5) is 0. The number of nitrogens with one attached hydrogen (secondary N) is 1. The van der Waals surface area contributed by atoms with E-state index in [-0.39, 0.29) is 0 Å². The third-order valence-corrected chi connectivity index (χ3v) is 2.98. The maximum absolute atomic E-state index is 5.94. The second-order valence-electron chi connectivity index (χ2n) is 4.05. The van der Waals surface area contributed by atoms with Crippen molar-refractivity contribution in [3.05, 3.63) is 47.0 Å². The second kappa shape index (κ2) is 5.06. The van der Waals surface area contributed by atoms with Crippen molar-refractivity contribution in [3.63, 3.8) is 0 Å². The molecule has 0 bridgehead atoms. The summed E-state index contributed by atoms with van der Waals surface area (Å²) >= 11 is 5.94. The minimum atomic E-state index is 0.528. The molecule has 7 N–H and O–H groups in total. The Morgan fingerprint density at radius 3 is 2.39 bits per heavy atom. The van der Waals surface area contributed by atoms with Gasteiger partial charge in [0.25, 0.3) is 0 Å². The van der Waals surface area contributed by atoms with E-state index in [1.54, 1.807) is 24.3 Å². The molecule has 0 aliphatic rings. The molecule has 0 fully saturated rings. The summed E-state index contributed by atoms with van der Waals surface area (Å²) in [5.74, 6) is 0. The van der Waals surface area contributed by atoms with E-state index < -0.39 is 0 Å². The first-order chi connectivity index (χ1) is 8.56. The number of benzene rings is 2. The lowest BCUT2D eigenvalue weighted by atomic mass is 10.1. The summed E-state index contributed by atoms with van der Waals surface area (Å²) in [7, 11) is 0. The summed E-state index contributed by atoms with van der Waals surface area (Å²) in [5, 5.41) is 3.75. The molecular formula is C13H15ClN4. The van der Waals surface area contributed by atoms with Crippen LogP contribution < -0.4 is 22.5 Å². The molecule has 0 aliphatic heterocycles. The van der Waals surface area contributed by atoms with Gasteiger partial charge in [0.05, 0.1) is 10.7 Å². The number of anilines is 4. The third-order valence-electron chi connectivity index (χ3n) is 2.65. The van der Waals surface area contributed by atoms with Crippen LogP contribution in [0.1, 0.15) is 5.56 Å². The average Bonchev–Trinajstić information content (AvgIpc) is 2.34. The minimum Gasteiger partial charge on any atom is -0.399 e. The highest BCUT2D eigenvalue weighted by atomic mass is 35.5. The normalized spacial score (nSPS) is 10.3. The number of nitrogen functional groups attached to an aromatic ring is 3. The molecule has 0 aliphatic carbocycles. The highest BCUT2D eigenvalue weighted by molar-refractivity contribution is 6.33. The average molecular weight is 263 g/mol. The smallest absolute Gasteiger partial charge is 0.0655 e. The third kappa shape index (κ3) is 2.78. The Labute approximate surface area is 111 Å². The molecule has 18 heavy (non-hydrogen) atoms. The van der Waals surface area contributed by atoms with Gasteiger partial charge in [0.15, 0.2) is 0 Å². The SMILES string of the molecule is Nc1ccc(N)c(CNc2ccc(N)c(Cl)c2)c1. The molecule has 2 rings (SSSR count). The zero-order chi connectivity index (χ0) is 13.1. The van der Waals surface area contributed by atoms with Gasteiger partial charge in [0, 0.05) is 23.6 Å². The van der Waals surface area contributed by atoms with Gasteiger partial charge in [0.2, 0.25) is 0 Å². The van der Waals surface area contributed by atoms with Gasteiger partial charge in [0.1, 0.15) is 0 Å². The number of rotatable bonds is 3. The lowest BCUT2D eigenvalue weighted by Crippen LogP contribution is -2.04. The largest absolute Gasteiger partial charge is 0.399 e. The van der Waals surface area contributed by atoms with Crippen LogP contribution in [0.25, 0.3) is 0 Å². The van der Waals surface area contributed by atoms with E-state index in [2.05, 4.69) is 5.32 Å². The van der Waals surface area contributed by atoms with Crippen molar-refractivity contribution in [2.75, 3.05) is 22.5 Å². The Bertz CT molecular complexity index is 569. The summed E-state index contributed by atoms with van der Waals surface area (Å²) < 4.78 is 0. The number of halogens is 1. The Morgan fingerprint density at radius 1 is 0.944 bits per heavy atom. The van der Waals surface area contributed by atoms with Gasteiger partial charge in [-0.05, 0) is 42.0 Å². The van der Waals surface area contributed by atoms with Crippen LogP contribution in [-0.2, 0) is 6.54 Å². The summed E-state index contributed by atoms with van der Waals surface area (Å²) in [6.07, 6.45) is 0. The van der Waals surface area contributed by atoms with Crippen LogP contribution in [0, 0.1) is 0 Å². The van der Waals surface area contributed by atoms with Gasteiger partial charge in [-0.25, -0.2) is 0 Å². The van der Waals surface area contributed by atoms with Crippen LogP contribution in [0.2, 0.25) is 5.02 Å². The molecule has 0 aromatic heterocycles. The molecule has 4 nitrogen and oxygen atoms in total. The number of hydrogen-bond donors (Lipinski definition) is 4. The Hall–Kier alpha value is -2.07. The van der Waals surface area contributed by atoms with Gasteiger partial charge in [-0.15, -0.1) is 0 Å². The van der Waals surface area contributed by atoms with Crippen molar-refractivity contribution >= 4 is 34.4 Å².